The van der Waals surface area contributed by atoms with Gasteiger partial charge in [-0.1, -0.05) is 0 Å². The highest BCUT2D eigenvalue weighted by molar-refractivity contribution is 5.58. The van der Waals surface area contributed by atoms with Gasteiger partial charge >= 0.3 is 0 Å². The number of aromatic nitrogens is 1. The van der Waals surface area contributed by atoms with Crippen molar-refractivity contribution in [1.82, 2.24) is 4.98 Å². The van der Waals surface area contributed by atoms with Crippen LogP contribution in [0.5, 0.6) is 0 Å². The Kier molecular flexibility index (Phi) is 3.09. The van der Waals surface area contributed by atoms with Crippen LogP contribution in [-0.2, 0) is 12.8 Å². The molecule has 1 aromatic heterocycles. The summed E-state index contributed by atoms with van der Waals surface area (Å²) < 4.78 is 0. The maximum absolute atomic E-state index is 9.34. The first-order valence-electron chi connectivity index (χ1n) is 6.90. The van der Waals surface area contributed by atoms with Crippen molar-refractivity contribution in [3.8, 4) is 12.1 Å². The van der Waals surface area contributed by atoms with Gasteiger partial charge in [0.2, 0.25) is 0 Å². The summed E-state index contributed by atoms with van der Waals surface area (Å²) in [7, 11) is 0. The maximum atomic E-state index is 9.34. The van der Waals surface area contributed by atoms with E-state index in [0.29, 0.717) is 24.6 Å². The standard InChI is InChI=1S/C15H16N4/c16-7-2-8-19(13-5-6-13)15-12(10-17)9-11-3-1-4-14(11)18-15/h9,13H,1-6,8H2. The zero-order valence-corrected chi connectivity index (χ0v) is 10.9. The molecule has 0 spiro atoms. The predicted octanol–water partition coefficient (Wildman–Crippen LogP) is 2.32. The van der Waals surface area contributed by atoms with Crippen LogP contribution in [0.2, 0.25) is 0 Å². The lowest BCUT2D eigenvalue weighted by Gasteiger charge is -2.24. The molecule has 2 aliphatic rings. The van der Waals surface area contributed by atoms with Crippen LogP contribution in [0.25, 0.3) is 0 Å². The van der Waals surface area contributed by atoms with Crippen LogP contribution >= 0.6 is 0 Å². The minimum Gasteiger partial charge on any atom is -0.351 e. The van der Waals surface area contributed by atoms with Gasteiger partial charge in [-0.25, -0.2) is 4.98 Å². The Hall–Kier alpha value is -2.07. The van der Waals surface area contributed by atoms with Crippen LogP contribution in [0.3, 0.4) is 0 Å². The highest BCUT2D eigenvalue weighted by Gasteiger charge is 2.32. The quantitative estimate of drug-likeness (QED) is 0.825. The van der Waals surface area contributed by atoms with E-state index in [9.17, 15) is 5.26 Å². The van der Waals surface area contributed by atoms with E-state index in [-0.39, 0.29) is 0 Å². The molecule has 0 aromatic carbocycles. The largest absolute Gasteiger partial charge is 0.351 e. The number of aryl methyl sites for hydroxylation is 2. The Bertz CT molecular complexity index is 575. The molecule has 4 nitrogen and oxygen atoms in total. The molecule has 1 heterocycles. The van der Waals surface area contributed by atoms with Crippen LogP contribution in [0, 0.1) is 22.7 Å². The molecule has 0 bridgehead atoms. The molecule has 0 unspecified atom stereocenters. The van der Waals surface area contributed by atoms with Crippen LogP contribution in [0.15, 0.2) is 6.07 Å². The first kappa shape index (κ1) is 12.0. The molecule has 0 atom stereocenters. The monoisotopic (exact) mass is 252 g/mol. The Morgan fingerprint density at radius 3 is 2.84 bits per heavy atom. The molecule has 2 aliphatic carbocycles. The Labute approximate surface area is 113 Å². The first-order chi connectivity index (χ1) is 9.33. The van der Waals surface area contributed by atoms with Crippen molar-refractivity contribution < 1.29 is 0 Å². The third-order valence-electron chi connectivity index (χ3n) is 3.88. The normalized spacial score (nSPS) is 16.5. The average Bonchev–Trinajstić information content (AvgIpc) is 3.16. The number of rotatable bonds is 4. The molecule has 19 heavy (non-hydrogen) atoms. The lowest BCUT2D eigenvalue weighted by Crippen LogP contribution is -2.28. The molecule has 0 amide bonds. The molecular formula is C15H16N4. The number of hydrogen-bond acceptors (Lipinski definition) is 4. The van der Waals surface area contributed by atoms with Gasteiger partial charge < -0.3 is 4.90 Å². The van der Waals surface area contributed by atoms with Gasteiger partial charge in [0.1, 0.15) is 11.9 Å². The second kappa shape index (κ2) is 4.90. The molecule has 0 N–H and O–H groups in total. The minimum absolute atomic E-state index is 0.479. The van der Waals surface area contributed by atoms with Crippen molar-refractivity contribution in [3.63, 3.8) is 0 Å². The summed E-state index contributed by atoms with van der Waals surface area (Å²) in [4.78, 5) is 6.90. The van der Waals surface area contributed by atoms with E-state index in [1.165, 1.54) is 5.56 Å². The van der Waals surface area contributed by atoms with E-state index < -0.39 is 0 Å². The van der Waals surface area contributed by atoms with Gasteiger partial charge in [0.05, 0.1) is 18.1 Å². The van der Waals surface area contributed by atoms with Crippen molar-refractivity contribution in [3.05, 3.63) is 22.9 Å². The second-order valence-electron chi connectivity index (χ2n) is 5.26. The van der Waals surface area contributed by atoms with Crippen LogP contribution in [0.1, 0.15) is 42.5 Å². The van der Waals surface area contributed by atoms with E-state index >= 15 is 0 Å². The lowest BCUT2D eigenvalue weighted by atomic mass is 10.1. The molecular weight excluding hydrogens is 236 g/mol. The van der Waals surface area contributed by atoms with Gasteiger partial charge in [-0.05, 0) is 43.7 Å². The summed E-state index contributed by atoms with van der Waals surface area (Å²) in [6, 6.07) is 6.95. The van der Waals surface area contributed by atoms with Crippen molar-refractivity contribution in [2.45, 2.75) is 44.6 Å². The van der Waals surface area contributed by atoms with Gasteiger partial charge in [-0.2, -0.15) is 10.5 Å². The predicted molar refractivity (Wildman–Crippen MR) is 71.6 cm³/mol. The highest BCUT2D eigenvalue weighted by atomic mass is 15.2. The molecule has 3 rings (SSSR count). The second-order valence-corrected chi connectivity index (χ2v) is 5.26. The number of nitrogens with zero attached hydrogens (tertiary/aromatic N) is 4. The smallest absolute Gasteiger partial charge is 0.147 e. The summed E-state index contributed by atoms with van der Waals surface area (Å²) in [5, 5.41) is 18.1. The molecule has 0 aliphatic heterocycles. The summed E-state index contributed by atoms with van der Waals surface area (Å²) in [6.45, 7) is 0.682. The fourth-order valence-electron chi connectivity index (χ4n) is 2.78. The molecule has 0 saturated heterocycles. The van der Waals surface area contributed by atoms with E-state index in [2.05, 4.69) is 17.0 Å². The van der Waals surface area contributed by atoms with Gasteiger partial charge in [-0.15, -0.1) is 0 Å². The number of anilines is 1. The van der Waals surface area contributed by atoms with Crippen LogP contribution < -0.4 is 4.90 Å². The molecule has 1 saturated carbocycles. The fraction of sp³-hybridized carbons (Fsp3) is 0.533. The lowest BCUT2D eigenvalue weighted by molar-refractivity contribution is 0.771. The number of fused-ring (bicyclic) bond motifs is 1. The summed E-state index contributed by atoms with van der Waals surface area (Å²) >= 11 is 0. The van der Waals surface area contributed by atoms with Crippen molar-refractivity contribution in [2.24, 2.45) is 0 Å². The van der Waals surface area contributed by atoms with Crippen LogP contribution in [0.4, 0.5) is 5.82 Å². The summed E-state index contributed by atoms with van der Waals surface area (Å²) in [6.07, 6.45) is 5.98. The number of nitriles is 2. The van der Waals surface area contributed by atoms with Gasteiger partial charge in [0.25, 0.3) is 0 Å². The fourth-order valence-corrected chi connectivity index (χ4v) is 2.78. The molecule has 1 fully saturated rings. The molecule has 96 valence electrons. The molecule has 1 aromatic rings. The first-order valence-corrected chi connectivity index (χ1v) is 6.90. The van der Waals surface area contributed by atoms with E-state index in [1.54, 1.807) is 0 Å². The SMILES string of the molecule is N#CCCN(c1nc2c(cc1C#N)CCC2)C1CC1. The van der Waals surface area contributed by atoms with E-state index in [0.717, 1.165) is 43.6 Å². The van der Waals surface area contributed by atoms with Crippen LogP contribution in [-0.4, -0.2) is 17.6 Å². The Morgan fingerprint density at radius 1 is 1.32 bits per heavy atom. The minimum atomic E-state index is 0.479. The van der Waals surface area contributed by atoms with Crippen molar-refractivity contribution in [2.75, 3.05) is 11.4 Å². The van der Waals surface area contributed by atoms with Crippen molar-refractivity contribution in [1.29, 1.82) is 10.5 Å². The number of pyridine rings is 1. The summed E-state index contributed by atoms with van der Waals surface area (Å²) in [5.41, 5.74) is 3.05. The highest BCUT2D eigenvalue weighted by Crippen LogP contribution is 2.34. The van der Waals surface area contributed by atoms with E-state index in [1.807, 2.05) is 6.07 Å². The average molecular weight is 252 g/mol. The zero-order chi connectivity index (χ0) is 13.2. The van der Waals surface area contributed by atoms with E-state index in [4.69, 9.17) is 10.2 Å². The third-order valence-corrected chi connectivity index (χ3v) is 3.88. The van der Waals surface area contributed by atoms with Gasteiger partial charge in [-0.3, -0.25) is 0 Å². The Balaban J connectivity index is 1.97. The van der Waals surface area contributed by atoms with Gasteiger partial charge in [0.15, 0.2) is 0 Å². The van der Waals surface area contributed by atoms with Gasteiger partial charge in [0, 0.05) is 18.3 Å². The maximum Gasteiger partial charge on any atom is 0.147 e. The third kappa shape index (κ3) is 2.27. The zero-order valence-electron chi connectivity index (χ0n) is 10.9. The van der Waals surface area contributed by atoms with Crippen molar-refractivity contribution >= 4 is 5.82 Å². The Morgan fingerprint density at radius 2 is 2.16 bits per heavy atom. The summed E-state index contributed by atoms with van der Waals surface area (Å²) in [5.74, 6) is 0.806. The number of hydrogen-bond donors (Lipinski definition) is 0. The topological polar surface area (TPSA) is 63.7 Å². The molecule has 0 radical (unpaired) electrons. The molecule has 4 heteroatoms.